The molecule has 1 aliphatic heterocycles. The van der Waals surface area contributed by atoms with Crippen LogP contribution in [0.3, 0.4) is 0 Å². The van der Waals surface area contributed by atoms with Crippen LogP contribution in [0.1, 0.15) is 38.2 Å². The third kappa shape index (κ3) is 2.81. The van der Waals surface area contributed by atoms with Crippen LogP contribution in [0.15, 0.2) is 40.8 Å². The maximum Gasteiger partial charge on any atom is 0.156 e. The lowest BCUT2D eigenvalue weighted by atomic mass is 9.67. The van der Waals surface area contributed by atoms with Crippen molar-refractivity contribution in [2.45, 2.75) is 56.0 Å². The SMILES string of the molecule is CC1=CC(=O)C[C@@H]2[C@H]3C(=O)CCC[C@H]3N[C@]12CS(=O)c1ccc(C)cc1. The predicted octanol–water partition coefficient (Wildman–Crippen LogP) is 2.72. The molecule has 5 heteroatoms. The Kier molecular flexibility index (Phi) is 4.48. The van der Waals surface area contributed by atoms with E-state index in [1.807, 2.05) is 38.1 Å². The van der Waals surface area contributed by atoms with Gasteiger partial charge in [0.1, 0.15) is 5.78 Å². The molecule has 26 heavy (non-hydrogen) atoms. The van der Waals surface area contributed by atoms with Gasteiger partial charge in [-0.15, -0.1) is 0 Å². The second kappa shape index (κ2) is 6.54. The Labute approximate surface area is 156 Å². The van der Waals surface area contributed by atoms with Gasteiger partial charge in [0.05, 0.1) is 22.1 Å². The molecule has 2 aliphatic carbocycles. The largest absolute Gasteiger partial charge is 0.303 e. The number of carbonyl (C=O) groups is 2. The van der Waals surface area contributed by atoms with Crippen molar-refractivity contribution in [1.82, 2.24) is 5.32 Å². The second-order valence-corrected chi connectivity index (χ2v) is 9.46. The zero-order valence-electron chi connectivity index (χ0n) is 15.3. The van der Waals surface area contributed by atoms with Crippen LogP contribution in [0.25, 0.3) is 0 Å². The monoisotopic (exact) mass is 371 g/mol. The highest BCUT2D eigenvalue weighted by atomic mass is 32.2. The molecule has 1 aromatic carbocycles. The highest BCUT2D eigenvalue weighted by Crippen LogP contribution is 2.48. The zero-order chi connectivity index (χ0) is 18.5. The maximum absolute atomic E-state index is 13.1. The highest BCUT2D eigenvalue weighted by Gasteiger charge is 2.59. The highest BCUT2D eigenvalue weighted by molar-refractivity contribution is 7.85. The van der Waals surface area contributed by atoms with E-state index in [2.05, 4.69) is 5.32 Å². The smallest absolute Gasteiger partial charge is 0.156 e. The molecule has 0 amide bonds. The van der Waals surface area contributed by atoms with Crippen molar-refractivity contribution in [1.29, 1.82) is 0 Å². The number of ketones is 2. The molecule has 1 aromatic rings. The fourth-order valence-corrected chi connectivity index (χ4v) is 6.62. The Morgan fingerprint density at radius 1 is 1.19 bits per heavy atom. The standard InChI is InChI=1S/C21H25NO3S/c1-13-6-8-16(9-7-13)26(25)12-21-14(2)10-15(23)11-17(21)20-18(22-21)4-3-5-19(20)24/h6-10,17-18,20,22H,3-5,11-12H2,1-2H3/t17-,18-,20-,21-,26?/m1/s1. The van der Waals surface area contributed by atoms with Crippen LogP contribution < -0.4 is 5.32 Å². The number of allylic oxidation sites excluding steroid dienone is 1. The van der Waals surface area contributed by atoms with Gasteiger partial charge in [0, 0.05) is 35.6 Å². The Bertz CT molecular complexity index is 813. The van der Waals surface area contributed by atoms with Gasteiger partial charge in [-0.25, -0.2) is 0 Å². The van der Waals surface area contributed by atoms with Crippen LogP contribution in [0.2, 0.25) is 0 Å². The van der Waals surface area contributed by atoms with E-state index in [1.54, 1.807) is 6.08 Å². The van der Waals surface area contributed by atoms with Crippen LogP contribution in [0.5, 0.6) is 0 Å². The number of Topliss-reactive ketones (excluding diaryl/α,β-unsaturated/α-hetero) is 1. The summed E-state index contributed by atoms with van der Waals surface area (Å²) in [6.45, 7) is 3.96. The molecule has 5 atom stereocenters. The Balaban J connectivity index is 1.71. The summed E-state index contributed by atoms with van der Waals surface area (Å²) in [5, 5.41) is 3.69. The van der Waals surface area contributed by atoms with Gasteiger partial charge in [0.2, 0.25) is 0 Å². The average molecular weight is 372 g/mol. The first-order chi connectivity index (χ1) is 12.4. The lowest BCUT2D eigenvalue weighted by Gasteiger charge is -2.40. The number of aryl methyl sites for hydroxylation is 1. The summed E-state index contributed by atoms with van der Waals surface area (Å²) in [6.07, 6.45) is 4.52. The van der Waals surface area contributed by atoms with E-state index in [0.717, 1.165) is 28.9 Å². The van der Waals surface area contributed by atoms with Crippen LogP contribution >= 0.6 is 0 Å². The maximum atomic E-state index is 13.1. The van der Waals surface area contributed by atoms with Crippen molar-refractivity contribution >= 4 is 22.4 Å². The molecule has 138 valence electrons. The van der Waals surface area contributed by atoms with Gasteiger partial charge < -0.3 is 5.32 Å². The van der Waals surface area contributed by atoms with Gasteiger partial charge in [-0.05, 0) is 50.5 Å². The molecule has 1 saturated carbocycles. The summed E-state index contributed by atoms with van der Waals surface area (Å²) in [7, 11) is -1.19. The number of hydrogen-bond donors (Lipinski definition) is 1. The molecule has 0 bridgehead atoms. The molecule has 4 rings (SSSR count). The summed E-state index contributed by atoms with van der Waals surface area (Å²) in [4.78, 5) is 25.7. The number of hydrogen-bond acceptors (Lipinski definition) is 4. The zero-order valence-corrected chi connectivity index (χ0v) is 16.1. The minimum Gasteiger partial charge on any atom is -0.303 e. The fraction of sp³-hybridized carbons (Fsp3) is 0.524. The fourth-order valence-electron chi connectivity index (χ4n) is 5.07. The molecular weight excluding hydrogens is 346 g/mol. The van der Waals surface area contributed by atoms with Gasteiger partial charge in [0.25, 0.3) is 0 Å². The van der Waals surface area contributed by atoms with E-state index in [0.29, 0.717) is 18.6 Å². The van der Waals surface area contributed by atoms with Crippen molar-refractivity contribution in [3.8, 4) is 0 Å². The Hall–Kier alpha value is -1.59. The van der Waals surface area contributed by atoms with Crippen LogP contribution in [0, 0.1) is 18.8 Å². The Morgan fingerprint density at radius 3 is 2.65 bits per heavy atom. The van der Waals surface area contributed by atoms with E-state index in [4.69, 9.17) is 0 Å². The third-order valence-electron chi connectivity index (χ3n) is 6.40. The molecule has 0 aromatic heterocycles. The predicted molar refractivity (Wildman–Crippen MR) is 101 cm³/mol. The number of rotatable bonds is 3. The molecule has 1 N–H and O–H groups in total. The molecule has 1 saturated heterocycles. The molecule has 4 nitrogen and oxygen atoms in total. The summed E-state index contributed by atoms with van der Waals surface area (Å²) in [5.74, 6) is 0.573. The summed E-state index contributed by atoms with van der Waals surface area (Å²) in [5.41, 5.74) is 1.55. The van der Waals surface area contributed by atoms with E-state index in [1.165, 1.54) is 0 Å². The van der Waals surface area contributed by atoms with E-state index in [-0.39, 0.29) is 29.4 Å². The van der Waals surface area contributed by atoms with E-state index < -0.39 is 16.3 Å². The molecule has 1 heterocycles. The number of nitrogens with one attached hydrogen (secondary N) is 1. The van der Waals surface area contributed by atoms with Gasteiger partial charge in [-0.3, -0.25) is 13.8 Å². The van der Waals surface area contributed by atoms with Gasteiger partial charge in [-0.2, -0.15) is 0 Å². The Morgan fingerprint density at radius 2 is 1.92 bits per heavy atom. The molecular formula is C21H25NO3S. The summed E-state index contributed by atoms with van der Waals surface area (Å²) >= 11 is 0. The van der Waals surface area contributed by atoms with Crippen molar-refractivity contribution in [3.05, 3.63) is 41.5 Å². The van der Waals surface area contributed by atoms with Crippen LogP contribution in [-0.2, 0) is 20.4 Å². The number of fused-ring (bicyclic) bond motifs is 3. The topological polar surface area (TPSA) is 63.2 Å². The quantitative estimate of drug-likeness (QED) is 0.887. The van der Waals surface area contributed by atoms with Crippen molar-refractivity contribution in [3.63, 3.8) is 0 Å². The average Bonchev–Trinajstić information content (AvgIpc) is 2.91. The molecule has 0 radical (unpaired) electrons. The lowest BCUT2D eigenvalue weighted by Crippen LogP contribution is -2.54. The first-order valence-electron chi connectivity index (χ1n) is 9.38. The van der Waals surface area contributed by atoms with E-state index >= 15 is 0 Å². The van der Waals surface area contributed by atoms with Gasteiger partial charge >= 0.3 is 0 Å². The normalized spacial score (nSPS) is 34.8. The molecule has 0 spiro atoms. The van der Waals surface area contributed by atoms with Gasteiger partial charge in [-0.1, -0.05) is 17.7 Å². The first-order valence-corrected chi connectivity index (χ1v) is 10.7. The summed E-state index contributed by atoms with van der Waals surface area (Å²) in [6, 6.07) is 7.88. The number of benzene rings is 1. The van der Waals surface area contributed by atoms with Crippen LogP contribution in [0.4, 0.5) is 0 Å². The lowest BCUT2D eigenvalue weighted by molar-refractivity contribution is -0.127. The van der Waals surface area contributed by atoms with Crippen molar-refractivity contribution in [2.24, 2.45) is 11.8 Å². The second-order valence-electron chi connectivity index (χ2n) is 8.01. The molecule has 2 fully saturated rings. The van der Waals surface area contributed by atoms with Crippen LogP contribution in [-0.4, -0.2) is 33.1 Å². The number of carbonyl (C=O) groups excluding carboxylic acids is 2. The summed E-state index contributed by atoms with van der Waals surface area (Å²) < 4.78 is 13.1. The van der Waals surface area contributed by atoms with Crippen molar-refractivity contribution < 1.29 is 13.8 Å². The van der Waals surface area contributed by atoms with E-state index in [9.17, 15) is 13.8 Å². The van der Waals surface area contributed by atoms with Crippen molar-refractivity contribution in [2.75, 3.05) is 5.75 Å². The third-order valence-corrected chi connectivity index (χ3v) is 7.91. The first kappa shape index (κ1) is 17.8. The van der Waals surface area contributed by atoms with Gasteiger partial charge in [0.15, 0.2) is 5.78 Å². The minimum absolute atomic E-state index is 0.0767. The molecule has 3 aliphatic rings. The minimum atomic E-state index is -1.19. The molecule has 1 unspecified atom stereocenters.